The number of hydrogen-bond donors (Lipinski definition) is 1. The Labute approximate surface area is 114 Å². The number of nitrogens with zero attached hydrogens (tertiary/aromatic N) is 2. The summed E-state index contributed by atoms with van der Waals surface area (Å²) in [5, 5.41) is 12.6. The van der Waals surface area contributed by atoms with Crippen LogP contribution in [0, 0.1) is 30.1 Å². The van der Waals surface area contributed by atoms with E-state index in [2.05, 4.69) is 22.4 Å². The fourth-order valence-electron chi connectivity index (χ4n) is 3.24. The maximum Gasteiger partial charge on any atom is 0.101 e. The average molecular weight is 253 g/mol. The lowest BCUT2D eigenvalue weighted by Crippen LogP contribution is -2.37. The molecule has 0 unspecified atom stereocenters. The van der Waals surface area contributed by atoms with E-state index in [0.29, 0.717) is 11.5 Å². The van der Waals surface area contributed by atoms with Crippen LogP contribution in [0.4, 0.5) is 0 Å². The number of rotatable bonds is 1. The summed E-state index contributed by atoms with van der Waals surface area (Å²) in [7, 11) is 0. The van der Waals surface area contributed by atoms with Crippen LogP contribution >= 0.6 is 0 Å². The molecule has 2 aliphatic rings. The molecule has 0 radical (unpaired) electrons. The number of pyridine rings is 1. The zero-order valence-corrected chi connectivity index (χ0v) is 11.3. The lowest BCUT2D eigenvalue weighted by Gasteiger charge is -2.34. The number of aryl methyl sites for hydroxylation is 1. The lowest BCUT2D eigenvalue weighted by molar-refractivity contribution is 0.279. The predicted octanol–water partition coefficient (Wildman–Crippen LogP) is 2.66. The summed E-state index contributed by atoms with van der Waals surface area (Å²) in [5.41, 5.74) is 4.02. The van der Waals surface area contributed by atoms with Gasteiger partial charge in [0.15, 0.2) is 0 Å². The van der Waals surface area contributed by atoms with E-state index in [9.17, 15) is 0 Å². The first-order valence-corrected chi connectivity index (χ1v) is 7.06. The molecule has 1 aromatic heterocycles. The summed E-state index contributed by atoms with van der Waals surface area (Å²) in [4.78, 5) is 4.35. The summed E-state index contributed by atoms with van der Waals surface area (Å²) in [6, 6.07) is 4.22. The molecule has 0 aromatic carbocycles. The molecule has 0 spiro atoms. The molecule has 1 aromatic rings. The Kier molecular flexibility index (Phi) is 3.35. The minimum absolute atomic E-state index is 0.657. The monoisotopic (exact) mass is 253 g/mol. The van der Waals surface area contributed by atoms with E-state index in [-0.39, 0.29) is 0 Å². The molecule has 2 atom stereocenters. The second-order valence-corrected chi connectivity index (χ2v) is 5.62. The molecule has 3 nitrogen and oxygen atoms in total. The second-order valence-electron chi connectivity index (χ2n) is 5.62. The summed E-state index contributed by atoms with van der Waals surface area (Å²) in [6.45, 7) is 4.15. The van der Waals surface area contributed by atoms with Gasteiger partial charge < -0.3 is 5.32 Å². The molecule has 0 amide bonds. The quantitative estimate of drug-likeness (QED) is 0.837. The van der Waals surface area contributed by atoms with Crippen molar-refractivity contribution in [3.8, 4) is 6.07 Å². The van der Waals surface area contributed by atoms with Gasteiger partial charge in [-0.3, -0.25) is 4.98 Å². The fourth-order valence-corrected chi connectivity index (χ4v) is 3.24. The summed E-state index contributed by atoms with van der Waals surface area (Å²) >= 11 is 0. The maximum atomic E-state index is 9.11. The Balaban J connectivity index is 1.90. The molecule has 19 heavy (non-hydrogen) atoms. The van der Waals surface area contributed by atoms with Gasteiger partial charge in [0.05, 0.1) is 11.3 Å². The van der Waals surface area contributed by atoms with Crippen LogP contribution in [-0.4, -0.2) is 18.1 Å². The topological polar surface area (TPSA) is 48.7 Å². The third kappa shape index (κ3) is 2.41. The molecule has 0 bridgehead atoms. The maximum absolute atomic E-state index is 9.11. The SMILES string of the molecule is Cc1ncc(C2=C[C@@H]3CNCC[C@@H]3CC2)cc1C#N. The zero-order chi connectivity index (χ0) is 13.2. The number of hydrogen-bond acceptors (Lipinski definition) is 3. The van der Waals surface area contributed by atoms with Gasteiger partial charge in [-0.25, -0.2) is 0 Å². The number of nitrogens with one attached hydrogen (secondary N) is 1. The van der Waals surface area contributed by atoms with Gasteiger partial charge in [0, 0.05) is 12.7 Å². The molecule has 3 heteroatoms. The Morgan fingerprint density at radius 2 is 2.32 bits per heavy atom. The van der Waals surface area contributed by atoms with E-state index in [1.165, 1.54) is 18.4 Å². The summed E-state index contributed by atoms with van der Waals surface area (Å²) in [5.74, 6) is 1.50. The van der Waals surface area contributed by atoms with Crippen molar-refractivity contribution in [1.29, 1.82) is 5.26 Å². The van der Waals surface area contributed by atoms with Crippen LogP contribution in [0.2, 0.25) is 0 Å². The third-order valence-corrected chi connectivity index (χ3v) is 4.46. The van der Waals surface area contributed by atoms with Gasteiger partial charge in [0.2, 0.25) is 0 Å². The first-order valence-electron chi connectivity index (χ1n) is 7.06. The average Bonchev–Trinajstić information content (AvgIpc) is 2.47. The molecule has 1 aliphatic carbocycles. The van der Waals surface area contributed by atoms with E-state index in [4.69, 9.17) is 5.26 Å². The molecule has 98 valence electrons. The molecule has 1 fully saturated rings. The number of fused-ring (bicyclic) bond motifs is 1. The van der Waals surface area contributed by atoms with E-state index in [1.807, 2.05) is 19.2 Å². The number of nitriles is 1. The molecule has 3 rings (SSSR count). The highest BCUT2D eigenvalue weighted by Gasteiger charge is 2.27. The smallest absolute Gasteiger partial charge is 0.101 e. The van der Waals surface area contributed by atoms with Gasteiger partial charge in [-0.15, -0.1) is 0 Å². The van der Waals surface area contributed by atoms with Crippen LogP contribution < -0.4 is 5.32 Å². The second kappa shape index (κ2) is 5.14. The molecule has 1 N–H and O–H groups in total. The standard InChI is InChI=1S/C16H19N3/c1-11-14(8-17)7-16(10-19-11)13-3-2-12-4-5-18-9-15(12)6-13/h6-7,10,12,15,18H,2-5,9H2,1H3/t12-,15+/m0/s1. The molecule has 1 aliphatic heterocycles. The van der Waals surface area contributed by atoms with Gasteiger partial charge in [0.1, 0.15) is 6.07 Å². The lowest BCUT2D eigenvalue weighted by atomic mass is 9.76. The fraction of sp³-hybridized carbons (Fsp3) is 0.500. The molecule has 0 saturated carbocycles. The normalized spacial score (nSPS) is 26.2. The van der Waals surface area contributed by atoms with Gasteiger partial charge in [-0.1, -0.05) is 6.08 Å². The van der Waals surface area contributed by atoms with Crippen molar-refractivity contribution in [3.63, 3.8) is 0 Å². The van der Waals surface area contributed by atoms with Crippen LogP contribution in [-0.2, 0) is 0 Å². The minimum atomic E-state index is 0.657. The van der Waals surface area contributed by atoms with Crippen LogP contribution in [0.5, 0.6) is 0 Å². The number of aromatic nitrogens is 1. The van der Waals surface area contributed by atoms with Crippen LogP contribution in [0.15, 0.2) is 18.3 Å². The summed E-state index contributed by atoms with van der Waals surface area (Å²) in [6.07, 6.45) is 8.02. The predicted molar refractivity (Wildman–Crippen MR) is 75.4 cm³/mol. The Morgan fingerprint density at radius 3 is 3.16 bits per heavy atom. The first-order chi connectivity index (χ1) is 9.28. The van der Waals surface area contributed by atoms with Crippen molar-refractivity contribution in [2.75, 3.05) is 13.1 Å². The van der Waals surface area contributed by atoms with Gasteiger partial charge >= 0.3 is 0 Å². The highest BCUT2D eigenvalue weighted by molar-refractivity contribution is 5.67. The summed E-state index contributed by atoms with van der Waals surface area (Å²) < 4.78 is 0. The number of allylic oxidation sites excluding steroid dienone is 1. The third-order valence-electron chi connectivity index (χ3n) is 4.46. The highest BCUT2D eigenvalue weighted by Crippen LogP contribution is 2.36. The van der Waals surface area contributed by atoms with Crippen molar-refractivity contribution in [1.82, 2.24) is 10.3 Å². The van der Waals surface area contributed by atoms with Gasteiger partial charge in [-0.05, 0) is 61.8 Å². The Bertz CT molecular complexity index is 554. The van der Waals surface area contributed by atoms with E-state index in [1.54, 1.807) is 0 Å². The van der Waals surface area contributed by atoms with Crippen molar-refractivity contribution >= 4 is 5.57 Å². The zero-order valence-electron chi connectivity index (χ0n) is 11.3. The largest absolute Gasteiger partial charge is 0.316 e. The molecule has 2 heterocycles. The van der Waals surface area contributed by atoms with Crippen LogP contribution in [0.3, 0.4) is 0 Å². The van der Waals surface area contributed by atoms with Crippen molar-refractivity contribution in [2.24, 2.45) is 11.8 Å². The number of piperidine rings is 1. The highest BCUT2D eigenvalue weighted by atomic mass is 14.9. The van der Waals surface area contributed by atoms with Gasteiger partial charge in [0.25, 0.3) is 0 Å². The van der Waals surface area contributed by atoms with Crippen molar-refractivity contribution in [3.05, 3.63) is 35.2 Å². The first kappa shape index (κ1) is 12.4. The van der Waals surface area contributed by atoms with Gasteiger partial charge in [-0.2, -0.15) is 5.26 Å². The van der Waals surface area contributed by atoms with Crippen LogP contribution in [0.25, 0.3) is 5.57 Å². The molecule has 1 saturated heterocycles. The molecular formula is C16H19N3. The van der Waals surface area contributed by atoms with E-state index >= 15 is 0 Å². The van der Waals surface area contributed by atoms with Crippen molar-refractivity contribution < 1.29 is 0 Å². The van der Waals surface area contributed by atoms with E-state index < -0.39 is 0 Å². The minimum Gasteiger partial charge on any atom is -0.316 e. The van der Waals surface area contributed by atoms with Crippen molar-refractivity contribution in [2.45, 2.75) is 26.2 Å². The Hall–Kier alpha value is -1.66. The van der Waals surface area contributed by atoms with E-state index in [0.717, 1.165) is 36.7 Å². The Morgan fingerprint density at radius 1 is 1.42 bits per heavy atom. The molecular weight excluding hydrogens is 234 g/mol. The van der Waals surface area contributed by atoms with Crippen LogP contribution in [0.1, 0.15) is 36.1 Å².